The van der Waals surface area contributed by atoms with Crippen molar-refractivity contribution in [3.05, 3.63) is 54.0 Å². The smallest absolute Gasteiger partial charge is 0.289 e. The lowest BCUT2D eigenvalue weighted by Gasteiger charge is -2.35. The summed E-state index contributed by atoms with van der Waals surface area (Å²) in [5, 5.41) is 0. The van der Waals surface area contributed by atoms with Gasteiger partial charge in [-0.3, -0.25) is 4.79 Å². The third-order valence-electron chi connectivity index (χ3n) is 3.67. The Morgan fingerprint density at radius 1 is 1.10 bits per heavy atom. The molecule has 1 aliphatic rings. The van der Waals surface area contributed by atoms with Crippen LogP contribution in [-0.2, 0) is 0 Å². The number of hydrogen-bond acceptors (Lipinski definition) is 3. The van der Waals surface area contributed by atoms with Crippen molar-refractivity contribution >= 4 is 11.6 Å². The molecule has 0 bridgehead atoms. The predicted octanol–water partition coefficient (Wildman–Crippen LogP) is 2.55. The van der Waals surface area contributed by atoms with Gasteiger partial charge in [-0.15, -0.1) is 0 Å². The molecule has 2 aromatic rings. The van der Waals surface area contributed by atoms with Gasteiger partial charge in [0, 0.05) is 31.9 Å². The molecule has 3 rings (SSSR count). The summed E-state index contributed by atoms with van der Waals surface area (Å²) in [5.74, 6) is 0.410. The second-order valence-electron chi connectivity index (χ2n) is 5.10. The number of piperazine rings is 1. The van der Waals surface area contributed by atoms with E-state index >= 15 is 0 Å². The van der Waals surface area contributed by atoms with Gasteiger partial charge >= 0.3 is 0 Å². The lowest BCUT2D eigenvalue weighted by Crippen LogP contribution is -2.48. The fourth-order valence-corrected chi connectivity index (χ4v) is 2.55. The number of nitrogens with zero attached hydrogens (tertiary/aromatic N) is 2. The maximum atomic E-state index is 12.2. The van der Waals surface area contributed by atoms with Gasteiger partial charge in [0.1, 0.15) is 0 Å². The highest BCUT2D eigenvalue weighted by molar-refractivity contribution is 5.91. The zero-order valence-electron chi connectivity index (χ0n) is 11.6. The zero-order valence-corrected chi connectivity index (χ0v) is 11.6. The number of amides is 1. The number of rotatable bonds is 2. The fraction of sp³-hybridized carbons (Fsp3) is 0.312. The summed E-state index contributed by atoms with van der Waals surface area (Å²) >= 11 is 0. The first-order valence-corrected chi connectivity index (χ1v) is 6.88. The summed E-state index contributed by atoms with van der Waals surface area (Å²) in [5.41, 5.74) is 2.49. The van der Waals surface area contributed by atoms with E-state index in [4.69, 9.17) is 4.42 Å². The Morgan fingerprint density at radius 2 is 1.90 bits per heavy atom. The summed E-state index contributed by atoms with van der Waals surface area (Å²) in [6.07, 6.45) is 1.54. The molecule has 104 valence electrons. The normalized spacial score (nSPS) is 15.4. The Balaban J connectivity index is 1.64. The average molecular weight is 270 g/mol. The van der Waals surface area contributed by atoms with E-state index < -0.39 is 0 Å². The molecule has 0 N–H and O–H groups in total. The van der Waals surface area contributed by atoms with Crippen molar-refractivity contribution in [1.29, 1.82) is 0 Å². The van der Waals surface area contributed by atoms with Crippen LogP contribution in [0, 0.1) is 6.92 Å². The van der Waals surface area contributed by atoms with E-state index in [1.165, 1.54) is 17.5 Å². The van der Waals surface area contributed by atoms with Gasteiger partial charge in [-0.05, 0) is 36.8 Å². The van der Waals surface area contributed by atoms with E-state index in [-0.39, 0.29) is 5.91 Å². The summed E-state index contributed by atoms with van der Waals surface area (Å²) in [6.45, 7) is 5.27. The molecular weight excluding hydrogens is 252 g/mol. The lowest BCUT2D eigenvalue weighted by atomic mass is 10.2. The number of carbonyl (C=O) groups excluding carboxylic acids is 1. The lowest BCUT2D eigenvalue weighted by molar-refractivity contribution is 0.0714. The molecule has 1 aromatic heterocycles. The molecule has 2 heterocycles. The van der Waals surface area contributed by atoms with Crippen LogP contribution in [0.3, 0.4) is 0 Å². The molecule has 0 atom stereocenters. The minimum Gasteiger partial charge on any atom is -0.459 e. The Bertz CT molecular complexity index is 584. The molecule has 20 heavy (non-hydrogen) atoms. The van der Waals surface area contributed by atoms with Crippen LogP contribution in [0.2, 0.25) is 0 Å². The summed E-state index contributed by atoms with van der Waals surface area (Å²) in [6, 6.07) is 11.9. The molecule has 4 nitrogen and oxygen atoms in total. The Kier molecular flexibility index (Phi) is 3.46. The highest BCUT2D eigenvalue weighted by Gasteiger charge is 2.23. The molecule has 0 radical (unpaired) electrons. The second kappa shape index (κ2) is 5.41. The molecule has 1 aliphatic heterocycles. The van der Waals surface area contributed by atoms with Crippen molar-refractivity contribution < 1.29 is 9.21 Å². The highest BCUT2D eigenvalue weighted by Crippen LogP contribution is 2.18. The monoisotopic (exact) mass is 270 g/mol. The fourth-order valence-electron chi connectivity index (χ4n) is 2.55. The van der Waals surface area contributed by atoms with Gasteiger partial charge in [0.25, 0.3) is 5.91 Å². The molecular formula is C16H18N2O2. The van der Waals surface area contributed by atoms with Crippen LogP contribution < -0.4 is 4.90 Å². The maximum absolute atomic E-state index is 12.2. The van der Waals surface area contributed by atoms with Crippen LogP contribution in [0.4, 0.5) is 5.69 Å². The van der Waals surface area contributed by atoms with E-state index in [9.17, 15) is 4.79 Å². The van der Waals surface area contributed by atoms with Gasteiger partial charge in [-0.1, -0.05) is 12.1 Å². The summed E-state index contributed by atoms with van der Waals surface area (Å²) in [4.78, 5) is 16.3. The average Bonchev–Trinajstić information content (AvgIpc) is 3.01. The number of anilines is 1. The largest absolute Gasteiger partial charge is 0.459 e. The molecule has 4 heteroatoms. The van der Waals surface area contributed by atoms with E-state index in [2.05, 4.69) is 36.1 Å². The van der Waals surface area contributed by atoms with Crippen molar-refractivity contribution in [2.45, 2.75) is 6.92 Å². The van der Waals surface area contributed by atoms with E-state index in [1.807, 2.05) is 4.90 Å². The minimum atomic E-state index is -0.0149. The number of benzene rings is 1. The zero-order chi connectivity index (χ0) is 13.9. The number of hydrogen-bond donors (Lipinski definition) is 0. The van der Waals surface area contributed by atoms with Gasteiger partial charge in [0.05, 0.1) is 6.26 Å². The molecule has 1 amide bonds. The third kappa shape index (κ3) is 2.54. The molecule has 1 fully saturated rings. The first-order valence-electron chi connectivity index (χ1n) is 6.88. The van der Waals surface area contributed by atoms with E-state index in [1.54, 1.807) is 12.1 Å². The molecule has 0 spiro atoms. The highest BCUT2D eigenvalue weighted by atomic mass is 16.3. The SMILES string of the molecule is Cc1cccc(N2CCN(C(=O)c3ccco3)CC2)c1. The second-order valence-corrected chi connectivity index (χ2v) is 5.10. The number of carbonyl (C=O) groups is 1. The summed E-state index contributed by atoms with van der Waals surface area (Å²) in [7, 11) is 0. The van der Waals surface area contributed by atoms with Crippen molar-refractivity contribution in [2.75, 3.05) is 31.1 Å². The van der Waals surface area contributed by atoms with Crippen LogP contribution in [-0.4, -0.2) is 37.0 Å². The molecule has 0 unspecified atom stereocenters. The van der Waals surface area contributed by atoms with Crippen molar-refractivity contribution in [3.63, 3.8) is 0 Å². The van der Waals surface area contributed by atoms with Crippen molar-refractivity contribution in [2.24, 2.45) is 0 Å². The van der Waals surface area contributed by atoms with Crippen LogP contribution in [0.15, 0.2) is 47.1 Å². The van der Waals surface area contributed by atoms with Gasteiger partial charge < -0.3 is 14.2 Å². The first kappa shape index (κ1) is 12.8. The predicted molar refractivity (Wildman–Crippen MR) is 78.0 cm³/mol. The molecule has 0 aliphatic carbocycles. The standard InChI is InChI=1S/C16H18N2O2/c1-13-4-2-5-14(12-13)17-7-9-18(10-8-17)16(19)15-6-3-11-20-15/h2-6,11-12H,7-10H2,1H3. The molecule has 1 saturated heterocycles. The van der Waals surface area contributed by atoms with E-state index in [0.717, 1.165) is 26.2 Å². The van der Waals surface area contributed by atoms with Crippen LogP contribution >= 0.6 is 0 Å². The Morgan fingerprint density at radius 3 is 2.55 bits per heavy atom. The Labute approximate surface area is 118 Å². The van der Waals surface area contributed by atoms with Crippen LogP contribution in [0.25, 0.3) is 0 Å². The van der Waals surface area contributed by atoms with Crippen LogP contribution in [0.1, 0.15) is 16.1 Å². The Hall–Kier alpha value is -2.23. The van der Waals surface area contributed by atoms with Crippen molar-refractivity contribution in [3.8, 4) is 0 Å². The number of furan rings is 1. The van der Waals surface area contributed by atoms with Gasteiger partial charge in [0.2, 0.25) is 0 Å². The van der Waals surface area contributed by atoms with E-state index in [0.29, 0.717) is 5.76 Å². The van der Waals surface area contributed by atoms with Gasteiger partial charge in [-0.2, -0.15) is 0 Å². The third-order valence-corrected chi connectivity index (χ3v) is 3.67. The molecule has 0 saturated carbocycles. The maximum Gasteiger partial charge on any atom is 0.289 e. The quantitative estimate of drug-likeness (QED) is 0.841. The minimum absolute atomic E-state index is 0.0149. The van der Waals surface area contributed by atoms with Crippen LogP contribution in [0.5, 0.6) is 0 Å². The van der Waals surface area contributed by atoms with Gasteiger partial charge in [-0.25, -0.2) is 0 Å². The number of aryl methyl sites for hydroxylation is 1. The first-order chi connectivity index (χ1) is 9.74. The van der Waals surface area contributed by atoms with Gasteiger partial charge in [0.15, 0.2) is 5.76 Å². The topological polar surface area (TPSA) is 36.7 Å². The summed E-state index contributed by atoms with van der Waals surface area (Å²) < 4.78 is 5.17. The van der Waals surface area contributed by atoms with Crippen molar-refractivity contribution in [1.82, 2.24) is 4.90 Å². The molecule has 1 aromatic carbocycles.